The monoisotopic (exact) mass is 290 g/mol. The fourth-order valence-corrected chi connectivity index (χ4v) is 2.07. The quantitative estimate of drug-likeness (QED) is 0.585. The van der Waals surface area contributed by atoms with Crippen molar-refractivity contribution in [2.24, 2.45) is 0 Å². The Labute approximate surface area is 122 Å². The lowest BCUT2D eigenvalue weighted by molar-refractivity contribution is -0.385. The van der Waals surface area contributed by atoms with E-state index in [0.29, 0.717) is 19.6 Å². The van der Waals surface area contributed by atoms with E-state index in [4.69, 9.17) is 5.11 Å². The molecule has 0 fully saturated rings. The number of aliphatic hydroxyl groups is 1. The molecular weight excluding hydrogens is 272 g/mol. The van der Waals surface area contributed by atoms with Crippen molar-refractivity contribution in [3.05, 3.63) is 58.4 Å². The number of hydrogen-bond acceptors (Lipinski definition) is 5. The van der Waals surface area contributed by atoms with Gasteiger partial charge in [-0.3, -0.25) is 19.7 Å². The number of nitro groups is 1. The second kappa shape index (κ2) is 7.51. The van der Waals surface area contributed by atoms with Crippen LogP contribution in [0, 0.1) is 10.1 Å². The minimum Gasteiger partial charge on any atom is -0.395 e. The Hall–Kier alpha value is -2.25. The molecule has 21 heavy (non-hydrogen) atoms. The molecule has 0 unspecified atom stereocenters. The van der Waals surface area contributed by atoms with Crippen molar-refractivity contribution in [2.45, 2.75) is 13.1 Å². The molecule has 2 aromatic rings. The molecule has 0 aliphatic rings. The molecule has 1 aromatic carbocycles. The van der Waals surface area contributed by atoms with E-state index in [1.54, 1.807) is 4.68 Å². The first-order valence-corrected chi connectivity index (χ1v) is 6.73. The zero-order valence-corrected chi connectivity index (χ0v) is 11.6. The summed E-state index contributed by atoms with van der Waals surface area (Å²) in [4.78, 5) is 12.2. The van der Waals surface area contributed by atoms with Crippen molar-refractivity contribution in [1.29, 1.82) is 0 Å². The number of hydrogen-bond donors (Lipinski definition) is 1. The van der Waals surface area contributed by atoms with E-state index in [1.165, 1.54) is 12.4 Å². The summed E-state index contributed by atoms with van der Waals surface area (Å²) in [7, 11) is 0. The summed E-state index contributed by atoms with van der Waals surface area (Å²) < 4.78 is 1.55. The lowest BCUT2D eigenvalue weighted by Gasteiger charge is -2.21. The summed E-state index contributed by atoms with van der Waals surface area (Å²) >= 11 is 0. The third-order valence-electron chi connectivity index (χ3n) is 3.14. The first-order chi connectivity index (χ1) is 10.2. The van der Waals surface area contributed by atoms with Crippen LogP contribution in [0.2, 0.25) is 0 Å². The lowest BCUT2D eigenvalue weighted by Crippen LogP contribution is -2.30. The van der Waals surface area contributed by atoms with Gasteiger partial charge in [-0.05, 0) is 5.56 Å². The maximum Gasteiger partial charge on any atom is 0.306 e. The van der Waals surface area contributed by atoms with Crippen LogP contribution in [0.3, 0.4) is 0 Å². The molecule has 7 nitrogen and oxygen atoms in total. The second-order valence-electron chi connectivity index (χ2n) is 4.70. The normalized spacial score (nSPS) is 11.0. The van der Waals surface area contributed by atoms with Gasteiger partial charge in [0.25, 0.3) is 0 Å². The summed E-state index contributed by atoms with van der Waals surface area (Å²) in [6, 6.07) is 9.97. The topological polar surface area (TPSA) is 84.4 Å². The van der Waals surface area contributed by atoms with E-state index < -0.39 is 4.92 Å². The zero-order chi connectivity index (χ0) is 15.1. The van der Waals surface area contributed by atoms with Gasteiger partial charge in [0.05, 0.1) is 18.1 Å². The van der Waals surface area contributed by atoms with Gasteiger partial charge in [0.2, 0.25) is 0 Å². The van der Waals surface area contributed by atoms with Gasteiger partial charge in [0, 0.05) is 19.6 Å². The summed E-state index contributed by atoms with van der Waals surface area (Å²) in [6.45, 7) is 2.56. The highest BCUT2D eigenvalue weighted by molar-refractivity contribution is 5.20. The standard InChI is InChI=1S/C14H18N4O3/c19-9-8-16(11-13-4-2-1-3-5-13)6-7-17-12-14(10-15-17)18(20)21/h1-5,10,12,19H,6-9,11H2. The number of aromatic nitrogens is 2. The van der Waals surface area contributed by atoms with Crippen LogP contribution in [0.4, 0.5) is 5.69 Å². The Morgan fingerprint density at radius 1 is 1.29 bits per heavy atom. The van der Waals surface area contributed by atoms with Crippen molar-refractivity contribution < 1.29 is 10.0 Å². The molecule has 0 spiro atoms. The van der Waals surface area contributed by atoms with Crippen LogP contribution in [-0.4, -0.2) is 44.4 Å². The Morgan fingerprint density at radius 2 is 2.05 bits per heavy atom. The van der Waals surface area contributed by atoms with E-state index in [2.05, 4.69) is 10.00 Å². The van der Waals surface area contributed by atoms with Gasteiger partial charge < -0.3 is 5.11 Å². The third kappa shape index (κ3) is 4.66. The molecule has 1 N–H and O–H groups in total. The smallest absolute Gasteiger partial charge is 0.306 e. The predicted octanol–water partition coefficient (Wildman–Crippen LogP) is 1.29. The highest BCUT2D eigenvalue weighted by Gasteiger charge is 2.10. The zero-order valence-electron chi connectivity index (χ0n) is 11.6. The molecule has 112 valence electrons. The minimum absolute atomic E-state index is 0.00762. The molecule has 2 rings (SSSR count). The van der Waals surface area contributed by atoms with Crippen molar-refractivity contribution in [3.63, 3.8) is 0 Å². The van der Waals surface area contributed by atoms with Gasteiger partial charge in [0.1, 0.15) is 12.4 Å². The highest BCUT2D eigenvalue weighted by atomic mass is 16.6. The number of rotatable bonds is 8. The van der Waals surface area contributed by atoms with Gasteiger partial charge in [-0.15, -0.1) is 0 Å². The molecule has 0 saturated heterocycles. The Balaban J connectivity index is 1.91. The van der Waals surface area contributed by atoms with Gasteiger partial charge in [-0.1, -0.05) is 30.3 Å². The average Bonchev–Trinajstić information content (AvgIpc) is 2.95. The molecule has 0 radical (unpaired) electrons. The van der Waals surface area contributed by atoms with E-state index in [9.17, 15) is 10.1 Å². The van der Waals surface area contributed by atoms with Crippen LogP contribution in [0.25, 0.3) is 0 Å². The van der Waals surface area contributed by atoms with Crippen LogP contribution >= 0.6 is 0 Å². The summed E-state index contributed by atoms with van der Waals surface area (Å²) in [6.07, 6.45) is 2.66. The Morgan fingerprint density at radius 3 is 2.67 bits per heavy atom. The molecule has 1 heterocycles. The van der Waals surface area contributed by atoms with Crippen LogP contribution < -0.4 is 0 Å². The first kappa shape index (κ1) is 15.1. The fourth-order valence-electron chi connectivity index (χ4n) is 2.07. The van der Waals surface area contributed by atoms with E-state index in [-0.39, 0.29) is 12.3 Å². The van der Waals surface area contributed by atoms with Crippen LogP contribution in [0.15, 0.2) is 42.7 Å². The van der Waals surface area contributed by atoms with Crippen LogP contribution in [0.1, 0.15) is 5.56 Å². The largest absolute Gasteiger partial charge is 0.395 e. The SMILES string of the molecule is O=[N+]([O-])c1cnn(CCN(CCO)Cc2ccccc2)c1. The van der Waals surface area contributed by atoms with Crippen molar-refractivity contribution >= 4 is 5.69 Å². The van der Waals surface area contributed by atoms with E-state index in [0.717, 1.165) is 12.1 Å². The molecule has 0 bridgehead atoms. The predicted molar refractivity (Wildman–Crippen MR) is 77.7 cm³/mol. The van der Waals surface area contributed by atoms with E-state index >= 15 is 0 Å². The fraction of sp³-hybridized carbons (Fsp3) is 0.357. The van der Waals surface area contributed by atoms with Crippen LogP contribution in [-0.2, 0) is 13.1 Å². The molecule has 0 amide bonds. The number of benzene rings is 1. The molecule has 0 aliphatic carbocycles. The maximum atomic E-state index is 10.6. The first-order valence-electron chi connectivity index (χ1n) is 6.73. The molecule has 1 aromatic heterocycles. The van der Waals surface area contributed by atoms with Gasteiger partial charge in [-0.25, -0.2) is 0 Å². The molecular formula is C14H18N4O3. The molecule has 0 atom stereocenters. The second-order valence-corrected chi connectivity index (χ2v) is 4.70. The van der Waals surface area contributed by atoms with Gasteiger partial charge in [-0.2, -0.15) is 5.10 Å². The minimum atomic E-state index is -0.459. The van der Waals surface area contributed by atoms with Gasteiger partial charge >= 0.3 is 5.69 Å². The van der Waals surface area contributed by atoms with Crippen molar-refractivity contribution in [3.8, 4) is 0 Å². The number of aliphatic hydroxyl groups excluding tert-OH is 1. The summed E-state index contributed by atoms with van der Waals surface area (Å²) in [5.74, 6) is 0. The van der Waals surface area contributed by atoms with Gasteiger partial charge in [0.15, 0.2) is 0 Å². The average molecular weight is 290 g/mol. The van der Waals surface area contributed by atoms with Crippen molar-refractivity contribution in [2.75, 3.05) is 19.7 Å². The molecule has 0 saturated carbocycles. The molecule has 0 aliphatic heterocycles. The molecule has 7 heteroatoms. The van der Waals surface area contributed by atoms with Crippen molar-refractivity contribution in [1.82, 2.24) is 14.7 Å². The Bertz CT molecular complexity index is 571. The maximum absolute atomic E-state index is 10.6. The van der Waals surface area contributed by atoms with Crippen LogP contribution in [0.5, 0.6) is 0 Å². The van der Waals surface area contributed by atoms with E-state index in [1.807, 2.05) is 30.3 Å². The lowest BCUT2D eigenvalue weighted by atomic mass is 10.2. The Kier molecular flexibility index (Phi) is 5.42. The third-order valence-corrected chi connectivity index (χ3v) is 3.14. The summed E-state index contributed by atoms with van der Waals surface area (Å²) in [5, 5.41) is 23.7. The highest BCUT2D eigenvalue weighted by Crippen LogP contribution is 2.08. The number of nitrogens with zero attached hydrogens (tertiary/aromatic N) is 4. The summed E-state index contributed by atoms with van der Waals surface area (Å²) in [5.41, 5.74) is 1.16.